The van der Waals surface area contributed by atoms with Crippen LogP contribution in [0.2, 0.25) is 0 Å². The Morgan fingerprint density at radius 3 is 2.60 bits per heavy atom. The second-order valence-electron chi connectivity index (χ2n) is 8.44. The van der Waals surface area contributed by atoms with Crippen molar-refractivity contribution in [3.8, 4) is 0 Å². The first-order chi connectivity index (χ1) is 14.5. The van der Waals surface area contributed by atoms with Crippen LogP contribution in [0.3, 0.4) is 0 Å². The van der Waals surface area contributed by atoms with Crippen molar-refractivity contribution < 1.29 is 18.0 Å². The SMILES string of the molecule is CC[C@@H](NC(=O)c1cccc(F)c1)C1[C@H]2CC(n3cnc4cc(F)c(F)cc43)C[C@@H]12. The molecule has 2 fully saturated rings. The average molecular weight is 413 g/mol. The van der Waals surface area contributed by atoms with E-state index in [0.29, 0.717) is 34.4 Å². The molecular formula is C23H22F3N3O. The minimum Gasteiger partial charge on any atom is -0.349 e. The quantitative estimate of drug-likeness (QED) is 0.649. The van der Waals surface area contributed by atoms with E-state index in [2.05, 4.69) is 10.3 Å². The van der Waals surface area contributed by atoms with Gasteiger partial charge >= 0.3 is 0 Å². The van der Waals surface area contributed by atoms with E-state index < -0.39 is 17.5 Å². The predicted octanol–water partition coefficient (Wildman–Crippen LogP) is 4.86. The molecule has 2 aliphatic rings. The number of amides is 1. The summed E-state index contributed by atoms with van der Waals surface area (Å²) in [5.41, 5.74) is 1.40. The van der Waals surface area contributed by atoms with Crippen LogP contribution in [0.15, 0.2) is 42.7 Å². The van der Waals surface area contributed by atoms with E-state index in [1.54, 1.807) is 12.4 Å². The van der Waals surface area contributed by atoms with Crippen molar-refractivity contribution in [3.63, 3.8) is 0 Å². The van der Waals surface area contributed by atoms with Crippen LogP contribution in [-0.4, -0.2) is 21.5 Å². The number of halogens is 3. The lowest BCUT2D eigenvalue weighted by molar-refractivity contribution is 0.0926. The Labute approximate surface area is 172 Å². The molecule has 156 valence electrons. The molecule has 0 bridgehead atoms. The molecule has 5 rings (SSSR count). The lowest BCUT2D eigenvalue weighted by Gasteiger charge is -2.22. The summed E-state index contributed by atoms with van der Waals surface area (Å²) in [6, 6.07) is 8.30. The van der Waals surface area contributed by atoms with Crippen molar-refractivity contribution in [3.05, 3.63) is 65.7 Å². The zero-order valence-electron chi connectivity index (χ0n) is 16.5. The van der Waals surface area contributed by atoms with Gasteiger partial charge in [0.15, 0.2) is 11.6 Å². The standard InChI is InChI=1S/C23H22F3N3O/c1-2-19(28-23(30)12-4-3-5-13(24)6-12)22-15-7-14(8-16(15)22)29-11-27-20-9-17(25)18(26)10-21(20)29/h3-6,9-11,14-16,19,22H,2,7-8H2,1H3,(H,28,30)/t14?,15-,16+,19-,22?/m1/s1. The molecule has 1 heterocycles. The third kappa shape index (κ3) is 3.16. The van der Waals surface area contributed by atoms with Gasteiger partial charge in [-0.1, -0.05) is 13.0 Å². The number of nitrogens with zero attached hydrogens (tertiary/aromatic N) is 2. The second-order valence-corrected chi connectivity index (χ2v) is 8.44. The third-order valence-electron chi connectivity index (χ3n) is 6.80. The van der Waals surface area contributed by atoms with Crippen molar-refractivity contribution >= 4 is 16.9 Å². The van der Waals surface area contributed by atoms with Crippen LogP contribution in [0.1, 0.15) is 42.6 Å². The lowest BCUT2D eigenvalue weighted by atomic mass is 9.98. The van der Waals surface area contributed by atoms with E-state index in [0.717, 1.165) is 25.3 Å². The molecule has 0 aliphatic heterocycles. The predicted molar refractivity (Wildman–Crippen MR) is 106 cm³/mol. The van der Waals surface area contributed by atoms with Crippen LogP contribution in [0.5, 0.6) is 0 Å². The highest BCUT2D eigenvalue weighted by atomic mass is 19.2. The Kier molecular flexibility index (Phi) is 4.56. The fourth-order valence-corrected chi connectivity index (χ4v) is 5.35. The number of hydrogen-bond donors (Lipinski definition) is 1. The maximum atomic E-state index is 13.7. The van der Waals surface area contributed by atoms with Gasteiger partial charge in [0, 0.05) is 29.8 Å². The normalized spacial score (nSPS) is 25.9. The number of aromatic nitrogens is 2. The number of hydrogen-bond acceptors (Lipinski definition) is 2. The van der Waals surface area contributed by atoms with Gasteiger partial charge in [0.05, 0.1) is 17.4 Å². The summed E-state index contributed by atoms with van der Waals surface area (Å²) in [5, 5.41) is 3.08. The fraction of sp³-hybridized carbons (Fsp3) is 0.391. The molecule has 7 heteroatoms. The number of carbonyl (C=O) groups is 1. The number of carbonyl (C=O) groups excluding carboxylic acids is 1. The fourth-order valence-electron chi connectivity index (χ4n) is 5.35. The molecule has 5 atom stereocenters. The molecule has 0 saturated heterocycles. The van der Waals surface area contributed by atoms with E-state index in [-0.39, 0.29) is 18.0 Å². The van der Waals surface area contributed by atoms with Gasteiger partial charge in [-0.15, -0.1) is 0 Å². The Bertz CT molecular complexity index is 1120. The Morgan fingerprint density at radius 2 is 1.90 bits per heavy atom. The lowest BCUT2D eigenvalue weighted by Crippen LogP contribution is -2.37. The summed E-state index contributed by atoms with van der Waals surface area (Å²) in [6.45, 7) is 2.04. The molecule has 0 radical (unpaired) electrons. The molecule has 2 saturated carbocycles. The summed E-state index contributed by atoms with van der Waals surface area (Å²) >= 11 is 0. The van der Waals surface area contributed by atoms with E-state index in [9.17, 15) is 18.0 Å². The van der Waals surface area contributed by atoms with Gasteiger partial charge in [-0.2, -0.15) is 0 Å². The third-order valence-corrected chi connectivity index (χ3v) is 6.80. The van der Waals surface area contributed by atoms with E-state index in [1.807, 2.05) is 11.5 Å². The Morgan fingerprint density at radius 1 is 1.17 bits per heavy atom. The summed E-state index contributed by atoms with van der Waals surface area (Å²) in [4.78, 5) is 16.7. The topological polar surface area (TPSA) is 46.9 Å². The van der Waals surface area contributed by atoms with Crippen LogP contribution in [0, 0.1) is 35.2 Å². The molecule has 0 spiro atoms. The summed E-state index contributed by atoms with van der Waals surface area (Å²) in [6.07, 6.45) is 4.32. The van der Waals surface area contributed by atoms with E-state index in [1.165, 1.54) is 24.3 Å². The minimum absolute atomic E-state index is 0.0442. The van der Waals surface area contributed by atoms with Gasteiger partial charge in [-0.3, -0.25) is 4.79 Å². The Hall–Kier alpha value is -2.83. The first-order valence-corrected chi connectivity index (χ1v) is 10.3. The molecule has 2 unspecified atom stereocenters. The molecule has 1 amide bonds. The molecule has 1 aromatic heterocycles. The van der Waals surface area contributed by atoms with Crippen LogP contribution >= 0.6 is 0 Å². The summed E-state index contributed by atoms with van der Waals surface area (Å²) in [7, 11) is 0. The maximum Gasteiger partial charge on any atom is 0.251 e. The van der Waals surface area contributed by atoms with Gasteiger partial charge in [0.1, 0.15) is 5.82 Å². The largest absolute Gasteiger partial charge is 0.349 e. The van der Waals surface area contributed by atoms with Crippen LogP contribution < -0.4 is 5.32 Å². The molecule has 30 heavy (non-hydrogen) atoms. The van der Waals surface area contributed by atoms with Crippen molar-refractivity contribution in [2.45, 2.75) is 38.3 Å². The van der Waals surface area contributed by atoms with Gasteiger partial charge in [0.2, 0.25) is 0 Å². The number of imidazole rings is 1. The first kappa shape index (κ1) is 19.2. The molecule has 1 N–H and O–H groups in total. The number of benzene rings is 2. The summed E-state index contributed by atoms with van der Waals surface area (Å²) in [5.74, 6) is -1.07. The number of fused-ring (bicyclic) bond motifs is 2. The van der Waals surface area contributed by atoms with Crippen LogP contribution in [0.25, 0.3) is 11.0 Å². The number of rotatable bonds is 5. The monoisotopic (exact) mass is 413 g/mol. The van der Waals surface area contributed by atoms with Crippen LogP contribution in [-0.2, 0) is 0 Å². The highest BCUT2D eigenvalue weighted by Gasteiger charge is 2.59. The molecular weight excluding hydrogens is 391 g/mol. The summed E-state index contributed by atoms with van der Waals surface area (Å²) < 4.78 is 42.5. The van der Waals surface area contributed by atoms with Crippen molar-refractivity contribution in [2.75, 3.05) is 0 Å². The number of nitrogens with one attached hydrogen (secondary N) is 1. The van der Waals surface area contributed by atoms with Crippen LogP contribution in [0.4, 0.5) is 13.2 Å². The zero-order valence-corrected chi connectivity index (χ0v) is 16.5. The van der Waals surface area contributed by atoms with Crippen molar-refractivity contribution in [1.29, 1.82) is 0 Å². The second kappa shape index (κ2) is 7.15. The van der Waals surface area contributed by atoms with Gasteiger partial charge in [-0.25, -0.2) is 18.2 Å². The highest BCUT2D eigenvalue weighted by Crippen LogP contribution is 2.62. The van der Waals surface area contributed by atoms with Crippen molar-refractivity contribution in [1.82, 2.24) is 14.9 Å². The molecule has 4 nitrogen and oxygen atoms in total. The van der Waals surface area contributed by atoms with E-state index in [4.69, 9.17) is 0 Å². The van der Waals surface area contributed by atoms with E-state index >= 15 is 0 Å². The maximum absolute atomic E-state index is 13.7. The minimum atomic E-state index is -0.887. The Balaban J connectivity index is 1.27. The smallest absolute Gasteiger partial charge is 0.251 e. The highest BCUT2D eigenvalue weighted by molar-refractivity contribution is 5.94. The van der Waals surface area contributed by atoms with Gasteiger partial charge in [0.25, 0.3) is 5.91 Å². The average Bonchev–Trinajstić information content (AvgIpc) is 3.03. The van der Waals surface area contributed by atoms with Gasteiger partial charge < -0.3 is 9.88 Å². The molecule has 3 aromatic rings. The van der Waals surface area contributed by atoms with Crippen molar-refractivity contribution in [2.24, 2.45) is 17.8 Å². The van der Waals surface area contributed by atoms with Gasteiger partial charge in [-0.05, 0) is 55.2 Å². The zero-order chi connectivity index (χ0) is 21.0. The molecule has 2 aliphatic carbocycles. The first-order valence-electron chi connectivity index (χ1n) is 10.3. The molecule has 2 aromatic carbocycles.